The molecule has 0 aliphatic rings. The number of hydrogen-bond donors (Lipinski definition) is 0. The van der Waals surface area contributed by atoms with E-state index in [-0.39, 0.29) is 31.1 Å². The highest BCUT2D eigenvalue weighted by Gasteiger charge is 2.19. The first kappa shape index (κ1) is 57.4. The molecule has 0 N–H and O–H groups in total. The van der Waals surface area contributed by atoms with Gasteiger partial charge in [0.25, 0.3) is 0 Å². The van der Waals surface area contributed by atoms with E-state index in [9.17, 15) is 14.4 Å². The summed E-state index contributed by atoms with van der Waals surface area (Å²) in [6, 6.07) is 0. The van der Waals surface area contributed by atoms with Crippen LogP contribution in [0.2, 0.25) is 0 Å². The van der Waals surface area contributed by atoms with E-state index in [2.05, 4.69) is 34.6 Å². The summed E-state index contributed by atoms with van der Waals surface area (Å²) in [4.78, 5) is 37.9. The summed E-state index contributed by atoms with van der Waals surface area (Å²) in [6.07, 6.45) is 46.6. The maximum Gasteiger partial charge on any atom is 0.306 e. The van der Waals surface area contributed by atoms with E-state index in [1.165, 1.54) is 180 Å². The largest absolute Gasteiger partial charge is 0.462 e. The first-order chi connectivity index (χ1) is 28.7. The molecule has 59 heavy (non-hydrogen) atoms. The standard InChI is InChI=1S/C53H102O6/c1-6-7-8-9-10-11-12-19-23-30-35-40-45-53(56)59-50(47-58-52(55)44-39-34-29-25-24-27-32-37-42-49(4)5)46-57-51(54)43-38-33-28-22-20-17-15-13-14-16-18-21-26-31-36-41-48(2)3/h48-50H,6-47H2,1-5H3/t50-/m0/s1. The molecule has 0 heterocycles. The van der Waals surface area contributed by atoms with E-state index < -0.39 is 6.10 Å². The van der Waals surface area contributed by atoms with Crippen LogP contribution >= 0.6 is 0 Å². The number of hydrogen-bond acceptors (Lipinski definition) is 6. The third-order valence-corrected chi connectivity index (χ3v) is 12.0. The van der Waals surface area contributed by atoms with E-state index in [1.807, 2.05) is 0 Å². The fourth-order valence-corrected chi connectivity index (χ4v) is 7.99. The number of carbonyl (C=O) groups is 3. The molecule has 0 aliphatic heterocycles. The summed E-state index contributed by atoms with van der Waals surface area (Å²) < 4.78 is 16.8. The van der Waals surface area contributed by atoms with Gasteiger partial charge in [0.1, 0.15) is 13.2 Å². The highest BCUT2D eigenvalue weighted by Crippen LogP contribution is 2.17. The van der Waals surface area contributed by atoms with Crippen molar-refractivity contribution >= 4 is 17.9 Å². The summed E-state index contributed by atoms with van der Waals surface area (Å²) in [6.45, 7) is 11.4. The molecule has 0 bridgehead atoms. The Morgan fingerprint density at radius 2 is 0.559 bits per heavy atom. The SMILES string of the molecule is CCCCCCCCCCCCCCC(=O)O[C@@H](COC(=O)CCCCCCCCCCCCCCCCCC(C)C)COC(=O)CCCCCCCCCCC(C)C. The molecular formula is C53H102O6. The highest BCUT2D eigenvalue weighted by atomic mass is 16.6. The number of unbranched alkanes of at least 4 members (excludes halogenated alkanes) is 32. The van der Waals surface area contributed by atoms with Gasteiger partial charge in [-0.2, -0.15) is 0 Å². The zero-order valence-electron chi connectivity index (χ0n) is 40.4. The molecular weight excluding hydrogens is 733 g/mol. The molecule has 0 aromatic heterocycles. The monoisotopic (exact) mass is 835 g/mol. The van der Waals surface area contributed by atoms with Crippen molar-refractivity contribution in [2.75, 3.05) is 13.2 Å². The fraction of sp³-hybridized carbons (Fsp3) is 0.943. The second-order valence-electron chi connectivity index (χ2n) is 19.1. The van der Waals surface area contributed by atoms with Gasteiger partial charge < -0.3 is 14.2 Å². The molecule has 0 fully saturated rings. The van der Waals surface area contributed by atoms with Crippen LogP contribution in [0, 0.1) is 11.8 Å². The molecule has 0 spiro atoms. The average molecular weight is 835 g/mol. The number of ether oxygens (including phenoxy) is 3. The van der Waals surface area contributed by atoms with Crippen LogP contribution in [0.5, 0.6) is 0 Å². The molecule has 0 saturated heterocycles. The van der Waals surface area contributed by atoms with Gasteiger partial charge in [0, 0.05) is 19.3 Å². The fourth-order valence-electron chi connectivity index (χ4n) is 7.99. The number of rotatable bonds is 47. The van der Waals surface area contributed by atoms with Gasteiger partial charge in [-0.1, -0.05) is 253 Å². The van der Waals surface area contributed by atoms with Gasteiger partial charge in [-0.25, -0.2) is 0 Å². The van der Waals surface area contributed by atoms with Crippen molar-refractivity contribution < 1.29 is 28.6 Å². The maximum absolute atomic E-state index is 12.8. The zero-order valence-corrected chi connectivity index (χ0v) is 40.4. The van der Waals surface area contributed by atoms with Crippen LogP contribution in [-0.2, 0) is 28.6 Å². The van der Waals surface area contributed by atoms with Crippen LogP contribution in [0.1, 0.15) is 291 Å². The highest BCUT2D eigenvalue weighted by molar-refractivity contribution is 5.71. The van der Waals surface area contributed by atoms with Gasteiger partial charge in [0.15, 0.2) is 6.10 Å². The first-order valence-electron chi connectivity index (χ1n) is 26.2. The lowest BCUT2D eigenvalue weighted by Gasteiger charge is -2.18. The van der Waals surface area contributed by atoms with E-state index in [1.54, 1.807) is 0 Å². The Balaban J connectivity index is 4.26. The predicted octanol–water partition coefficient (Wildman–Crippen LogP) is 16.9. The summed E-state index contributed by atoms with van der Waals surface area (Å²) >= 11 is 0. The summed E-state index contributed by atoms with van der Waals surface area (Å²) in [5.41, 5.74) is 0. The summed E-state index contributed by atoms with van der Waals surface area (Å²) in [5.74, 6) is 0.797. The van der Waals surface area contributed by atoms with Gasteiger partial charge in [-0.05, 0) is 31.1 Å². The summed E-state index contributed by atoms with van der Waals surface area (Å²) in [7, 11) is 0. The molecule has 0 unspecified atom stereocenters. The quantitative estimate of drug-likeness (QED) is 0.0345. The molecule has 0 saturated carbocycles. The third kappa shape index (κ3) is 47.3. The average Bonchev–Trinajstić information content (AvgIpc) is 3.20. The van der Waals surface area contributed by atoms with Gasteiger partial charge in [0.05, 0.1) is 0 Å². The number of carbonyl (C=O) groups excluding carboxylic acids is 3. The predicted molar refractivity (Wildman–Crippen MR) is 252 cm³/mol. The molecule has 0 rings (SSSR count). The smallest absolute Gasteiger partial charge is 0.306 e. The van der Waals surface area contributed by atoms with Crippen LogP contribution in [0.4, 0.5) is 0 Å². The second-order valence-corrected chi connectivity index (χ2v) is 19.1. The van der Waals surface area contributed by atoms with Crippen molar-refractivity contribution in [3.8, 4) is 0 Å². The Morgan fingerprint density at radius 3 is 0.831 bits per heavy atom. The van der Waals surface area contributed by atoms with Crippen molar-refractivity contribution in [2.45, 2.75) is 298 Å². The Labute approximate surface area is 368 Å². The van der Waals surface area contributed by atoms with E-state index in [0.29, 0.717) is 19.3 Å². The van der Waals surface area contributed by atoms with Crippen LogP contribution in [0.25, 0.3) is 0 Å². The Hall–Kier alpha value is -1.59. The van der Waals surface area contributed by atoms with Crippen molar-refractivity contribution in [3.05, 3.63) is 0 Å². The van der Waals surface area contributed by atoms with Gasteiger partial charge >= 0.3 is 17.9 Å². The van der Waals surface area contributed by atoms with Crippen molar-refractivity contribution in [1.82, 2.24) is 0 Å². The molecule has 0 aromatic carbocycles. The lowest BCUT2D eigenvalue weighted by molar-refractivity contribution is -0.167. The van der Waals surface area contributed by atoms with Crippen LogP contribution in [-0.4, -0.2) is 37.2 Å². The minimum atomic E-state index is -0.761. The van der Waals surface area contributed by atoms with Crippen LogP contribution < -0.4 is 0 Å². The Bertz CT molecular complexity index is 900. The van der Waals surface area contributed by atoms with Gasteiger partial charge in [-0.15, -0.1) is 0 Å². The molecule has 0 radical (unpaired) electrons. The Kier molecular flexibility index (Phi) is 44.7. The van der Waals surface area contributed by atoms with Crippen molar-refractivity contribution in [3.63, 3.8) is 0 Å². The molecule has 0 aliphatic carbocycles. The van der Waals surface area contributed by atoms with Crippen molar-refractivity contribution in [1.29, 1.82) is 0 Å². The van der Waals surface area contributed by atoms with E-state index in [0.717, 1.165) is 69.6 Å². The summed E-state index contributed by atoms with van der Waals surface area (Å²) in [5, 5.41) is 0. The zero-order chi connectivity index (χ0) is 43.3. The van der Waals surface area contributed by atoms with Crippen LogP contribution in [0.3, 0.4) is 0 Å². The minimum Gasteiger partial charge on any atom is -0.462 e. The Morgan fingerprint density at radius 1 is 0.322 bits per heavy atom. The second kappa shape index (κ2) is 45.9. The topological polar surface area (TPSA) is 78.9 Å². The lowest BCUT2D eigenvalue weighted by Crippen LogP contribution is -2.30. The molecule has 1 atom stereocenters. The molecule has 6 heteroatoms. The number of esters is 3. The molecule has 6 nitrogen and oxygen atoms in total. The normalized spacial score (nSPS) is 12.1. The van der Waals surface area contributed by atoms with Gasteiger partial charge in [-0.3, -0.25) is 14.4 Å². The first-order valence-corrected chi connectivity index (χ1v) is 26.2. The molecule has 0 amide bonds. The van der Waals surface area contributed by atoms with Crippen LogP contribution in [0.15, 0.2) is 0 Å². The third-order valence-electron chi connectivity index (χ3n) is 12.0. The molecule has 350 valence electrons. The van der Waals surface area contributed by atoms with E-state index in [4.69, 9.17) is 14.2 Å². The van der Waals surface area contributed by atoms with Gasteiger partial charge in [0.2, 0.25) is 0 Å². The lowest BCUT2D eigenvalue weighted by atomic mass is 10.0. The molecule has 0 aromatic rings. The van der Waals surface area contributed by atoms with Crippen molar-refractivity contribution in [2.24, 2.45) is 11.8 Å². The minimum absolute atomic E-state index is 0.0637. The maximum atomic E-state index is 12.8. The van der Waals surface area contributed by atoms with E-state index >= 15 is 0 Å².